The third-order valence-corrected chi connectivity index (χ3v) is 3.90. The summed E-state index contributed by atoms with van der Waals surface area (Å²) in [6, 6.07) is 3.19. The van der Waals surface area contributed by atoms with Gasteiger partial charge in [-0.2, -0.15) is 0 Å². The summed E-state index contributed by atoms with van der Waals surface area (Å²) in [7, 11) is 0. The van der Waals surface area contributed by atoms with Crippen molar-refractivity contribution < 1.29 is 13.5 Å². The Hall–Kier alpha value is -1.20. The van der Waals surface area contributed by atoms with Crippen LogP contribution in [-0.4, -0.2) is 11.6 Å². The first-order valence-corrected chi connectivity index (χ1v) is 7.67. The van der Waals surface area contributed by atoms with E-state index in [4.69, 9.17) is 16.3 Å². The lowest BCUT2D eigenvalue weighted by Gasteiger charge is -2.06. The number of ether oxygens (including phenoxy) is 1. The van der Waals surface area contributed by atoms with Gasteiger partial charge in [-0.3, -0.25) is 0 Å². The van der Waals surface area contributed by atoms with E-state index in [9.17, 15) is 8.78 Å². The normalized spacial score (nSPS) is 10.8. The minimum atomic E-state index is -0.543. The summed E-state index contributed by atoms with van der Waals surface area (Å²) in [5, 5.41) is 2.98. The predicted octanol–water partition coefficient (Wildman–Crippen LogP) is 4.56. The van der Waals surface area contributed by atoms with Gasteiger partial charge in [0.1, 0.15) is 5.82 Å². The molecule has 0 N–H and O–H groups in total. The van der Waals surface area contributed by atoms with E-state index in [1.54, 1.807) is 11.3 Å². The number of rotatable bonds is 7. The van der Waals surface area contributed by atoms with Crippen LogP contribution in [0.4, 0.5) is 8.78 Å². The Kier molecular flexibility index (Phi) is 5.73. The Labute approximate surface area is 125 Å². The summed E-state index contributed by atoms with van der Waals surface area (Å²) < 4.78 is 31.4. The standard InChI is InChI=1S/C14H14ClF2NOS/c15-8-11-9-20-14(18-11)3-1-2-6-19-13-7-10(16)4-5-12(13)17/h4-5,7,9H,1-3,6,8H2. The number of alkyl halides is 1. The van der Waals surface area contributed by atoms with Crippen molar-refractivity contribution in [3.8, 4) is 5.75 Å². The fourth-order valence-electron chi connectivity index (χ4n) is 1.67. The van der Waals surface area contributed by atoms with Crippen molar-refractivity contribution in [2.75, 3.05) is 6.61 Å². The Balaban J connectivity index is 1.70. The molecule has 0 aliphatic carbocycles. The Morgan fingerprint density at radius 3 is 2.85 bits per heavy atom. The third-order valence-electron chi connectivity index (χ3n) is 2.67. The molecule has 0 spiro atoms. The van der Waals surface area contributed by atoms with Gasteiger partial charge in [-0.05, 0) is 31.4 Å². The highest BCUT2D eigenvalue weighted by atomic mass is 35.5. The Morgan fingerprint density at radius 1 is 1.25 bits per heavy atom. The van der Waals surface area contributed by atoms with Crippen LogP contribution >= 0.6 is 22.9 Å². The van der Waals surface area contributed by atoms with Crippen LogP contribution in [0.5, 0.6) is 5.75 Å². The average Bonchev–Trinajstić information content (AvgIpc) is 2.90. The first-order chi connectivity index (χ1) is 9.69. The molecule has 0 unspecified atom stereocenters. The molecule has 0 amide bonds. The minimum absolute atomic E-state index is 0.0383. The lowest BCUT2D eigenvalue weighted by atomic mass is 10.2. The molecule has 0 aliphatic heterocycles. The lowest BCUT2D eigenvalue weighted by molar-refractivity contribution is 0.290. The van der Waals surface area contributed by atoms with E-state index in [0.717, 1.165) is 48.2 Å². The van der Waals surface area contributed by atoms with Crippen LogP contribution < -0.4 is 4.74 Å². The zero-order chi connectivity index (χ0) is 14.4. The van der Waals surface area contributed by atoms with Crippen molar-refractivity contribution in [3.63, 3.8) is 0 Å². The van der Waals surface area contributed by atoms with E-state index in [1.807, 2.05) is 5.38 Å². The van der Waals surface area contributed by atoms with E-state index in [1.165, 1.54) is 0 Å². The highest BCUT2D eigenvalue weighted by molar-refractivity contribution is 7.09. The largest absolute Gasteiger partial charge is 0.490 e. The first-order valence-electron chi connectivity index (χ1n) is 6.26. The maximum atomic E-state index is 13.3. The van der Waals surface area contributed by atoms with Crippen LogP contribution in [0.15, 0.2) is 23.6 Å². The number of aryl methyl sites for hydroxylation is 1. The molecular formula is C14H14ClF2NOS. The molecule has 20 heavy (non-hydrogen) atoms. The monoisotopic (exact) mass is 317 g/mol. The molecule has 2 nitrogen and oxygen atoms in total. The van der Waals surface area contributed by atoms with Crippen LogP contribution in [0.25, 0.3) is 0 Å². The molecule has 0 atom stereocenters. The third kappa shape index (κ3) is 4.42. The Morgan fingerprint density at radius 2 is 2.10 bits per heavy atom. The molecule has 6 heteroatoms. The van der Waals surface area contributed by atoms with Crippen molar-refractivity contribution in [1.29, 1.82) is 0 Å². The molecule has 0 radical (unpaired) electrons. The Bertz CT molecular complexity index is 562. The summed E-state index contributed by atoms with van der Waals surface area (Å²) in [6.07, 6.45) is 2.48. The van der Waals surface area contributed by atoms with E-state index in [0.29, 0.717) is 12.5 Å². The first kappa shape index (κ1) is 15.2. The second kappa shape index (κ2) is 7.55. The van der Waals surface area contributed by atoms with Crippen molar-refractivity contribution in [2.24, 2.45) is 0 Å². The van der Waals surface area contributed by atoms with Gasteiger partial charge in [0.25, 0.3) is 0 Å². The number of benzene rings is 1. The number of unbranched alkanes of at least 4 members (excludes halogenated alkanes) is 1. The molecule has 2 rings (SSSR count). The summed E-state index contributed by atoms with van der Waals surface area (Å²) in [6.45, 7) is 0.355. The predicted molar refractivity (Wildman–Crippen MR) is 76.5 cm³/mol. The highest BCUT2D eigenvalue weighted by Gasteiger charge is 2.05. The summed E-state index contributed by atoms with van der Waals surface area (Å²) in [4.78, 5) is 4.35. The van der Waals surface area contributed by atoms with Gasteiger partial charge in [-0.25, -0.2) is 13.8 Å². The van der Waals surface area contributed by atoms with Gasteiger partial charge in [0.2, 0.25) is 0 Å². The highest BCUT2D eigenvalue weighted by Crippen LogP contribution is 2.19. The number of nitrogens with zero attached hydrogens (tertiary/aromatic N) is 1. The SMILES string of the molecule is Fc1ccc(F)c(OCCCCc2nc(CCl)cs2)c1. The molecule has 0 fully saturated rings. The quantitative estimate of drug-likeness (QED) is 0.551. The van der Waals surface area contributed by atoms with Gasteiger partial charge in [-0.15, -0.1) is 22.9 Å². The molecule has 0 bridgehead atoms. The van der Waals surface area contributed by atoms with E-state index < -0.39 is 11.6 Å². The van der Waals surface area contributed by atoms with Crippen molar-refractivity contribution in [1.82, 2.24) is 4.98 Å². The number of hydrogen-bond acceptors (Lipinski definition) is 3. The number of aromatic nitrogens is 1. The van der Waals surface area contributed by atoms with Gasteiger partial charge >= 0.3 is 0 Å². The van der Waals surface area contributed by atoms with Crippen molar-refractivity contribution >= 4 is 22.9 Å². The van der Waals surface area contributed by atoms with Crippen LogP contribution in [0, 0.1) is 11.6 Å². The zero-order valence-corrected chi connectivity index (χ0v) is 12.3. The van der Waals surface area contributed by atoms with Crippen LogP contribution in [0.3, 0.4) is 0 Å². The fourth-order valence-corrected chi connectivity index (χ4v) is 2.74. The minimum Gasteiger partial charge on any atom is -0.490 e. The molecule has 0 aliphatic rings. The summed E-state index contributed by atoms with van der Waals surface area (Å²) in [5.74, 6) is -0.655. The van der Waals surface area contributed by atoms with Crippen LogP contribution in [0.1, 0.15) is 23.5 Å². The van der Waals surface area contributed by atoms with Gasteiger partial charge in [0, 0.05) is 11.4 Å². The lowest BCUT2D eigenvalue weighted by Crippen LogP contribution is -2.00. The zero-order valence-electron chi connectivity index (χ0n) is 10.7. The van der Waals surface area contributed by atoms with Gasteiger partial charge in [-0.1, -0.05) is 0 Å². The molecule has 1 heterocycles. The molecular weight excluding hydrogens is 304 g/mol. The van der Waals surface area contributed by atoms with E-state index >= 15 is 0 Å². The van der Waals surface area contributed by atoms with Crippen molar-refractivity contribution in [2.45, 2.75) is 25.1 Å². The topological polar surface area (TPSA) is 22.1 Å². The molecule has 108 valence electrons. The van der Waals surface area contributed by atoms with Gasteiger partial charge in [0.05, 0.1) is 23.2 Å². The number of thiazole rings is 1. The molecule has 0 saturated heterocycles. The number of hydrogen-bond donors (Lipinski definition) is 0. The molecule has 2 aromatic rings. The van der Waals surface area contributed by atoms with Crippen LogP contribution in [0.2, 0.25) is 0 Å². The summed E-state index contributed by atoms with van der Waals surface area (Å²) in [5.41, 5.74) is 0.893. The van der Waals surface area contributed by atoms with Gasteiger partial charge < -0.3 is 4.74 Å². The average molecular weight is 318 g/mol. The van der Waals surface area contributed by atoms with Crippen molar-refractivity contribution in [3.05, 3.63) is 45.9 Å². The number of halogens is 3. The van der Waals surface area contributed by atoms with Gasteiger partial charge in [0.15, 0.2) is 11.6 Å². The molecule has 1 aromatic carbocycles. The maximum absolute atomic E-state index is 13.3. The van der Waals surface area contributed by atoms with E-state index in [-0.39, 0.29) is 5.75 Å². The summed E-state index contributed by atoms with van der Waals surface area (Å²) >= 11 is 7.26. The second-order valence-electron chi connectivity index (χ2n) is 4.25. The second-order valence-corrected chi connectivity index (χ2v) is 5.46. The maximum Gasteiger partial charge on any atom is 0.165 e. The smallest absolute Gasteiger partial charge is 0.165 e. The molecule has 0 saturated carbocycles. The fraction of sp³-hybridized carbons (Fsp3) is 0.357. The van der Waals surface area contributed by atoms with E-state index in [2.05, 4.69) is 4.98 Å². The molecule has 1 aromatic heterocycles. The van der Waals surface area contributed by atoms with Crippen LogP contribution in [-0.2, 0) is 12.3 Å².